The summed E-state index contributed by atoms with van der Waals surface area (Å²) in [5.41, 5.74) is 0. The number of hydrogen-bond acceptors (Lipinski definition) is 6. The lowest BCUT2D eigenvalue weighted by molar-refractivity contribution is -0.121. The molecule has 1 aromatic heterocycles. The number of likely N-dealkylation sites (N-methyl/N-ethyl adjacent to an activating group) is 1. The van der Waals surface area contributed by atoms with Crippen molar-refractivity contribution in [1.29, 1.82) is 0 Å². The SMILES string of the molecule is CC(C)c1noc(CCCC(=O)NCCN2CCN(C)CC2)n1. The normalized spacial score (nSPS) is 16.9. The Hall–Kier alpha value is -1.47. The predicted molar refractivity (Wildman–Crippen MR) is 88.3 cm³/mol. The Kier molecular flexibility index (Phi) is 6.98. The maximum Gasteiger partial charge on any atom is 0.226 e. The zero-order valence-electron chi connectivity index (χ0n) is 14.5. The standard InChI is InChI=1S/C16H29N5O2/c1-13(2)16-18-15(23-19-16)6-4-5-14(22)17-7-8-21-11-9-20(3)10-12-21/h13H,4-12H2,1-3H3,(H,17,22). The fourth-order valence-electron chi connectivity index (χ4n) is 2.52. The molecule has 23 heavy (non-hydrogen) atoms. The molecule has 0 bridgehead atoms. The fourth-order valence-corrected chi connectivity index (χ4v) is 2.52. The molecule has 1 fully saturated rings. The topological polar surface area (TPSA) is 74.5 Å². The van der Waals surface area contributed by atoms with E-state index in [0.29, 0.717) is 18.7 Å². The van der Waals surface area contributed by atoms with Crippen molar-refractivity contribution in [2.45, 2.75) is 39.0 Å². The highest BCUT2D eigenvalue weighted by atomic mass is 16.5. The van der Waals surface area contributed by atoms with Crippen LogP contribution < -0.4 is 5.32 Å². The second kappa shape index (κ2) is 8.98. The lowest BCUT2D eigenvalue weighted by atomic mass is 10.2. The van der Waals surface area contributed by atoms with Gasteiger partial charge >= 0.3 is 0 Å². The predicted octanol–water partition coefficient (Wildman–Crippen LogP) is 0.879. The van der Waals surface area contributed by atoms with E-state index in [1.54, 1.807) is 0 Å². The minimum atomic E-state index is 0.0997. The Morgan fingerprint density at radius 2 is 2.04 bits per heavy atom. The Morgan fingerprint density at radius 1 is 1.30 bits per heavy atom. The number of carbonyl (C=O) groups excluding carboxylic acids is 1. The van der Waals surface area contributed by atoms with Crippen LogP contribution in [-0.4, -0.2) is 72.2 Å². The van der Waals surface area contributed by atoms with E-state index in [2.05, 4.69) is 32.3 Å². The highest BCUT2D eigenvalue weighted by molar-refractivity contribution is 5.75. The Morgan fingerprint density at radius 3 is 2.70 bits per heavy atom. The third kappa shape index (κ3) is 6.27. The van der Waals surface area contributed by atoms with E-state index in [1.165, 1.54) is 0 Å². The third-order valence-corrected chi connectivity index (χ3v) is 4.14. The van der Waals surface area contributed by atoms with Gasteiger partial charge in [-0.15, -0.1) is 0 Å². The minimum Gasteiger partial charge on any atom is -0.355 e. The van der Waals surface area contributed by atoms with Crippen LogP contribution >= 0.6 is 0 Å². The number of piperazine rings is 1. The van der Waals surface area contributed by atoms with Crippen LogP contribution in [0, 0.1) is 0 Å². The first kappa shape index (κ1) is 17.9. The summed E-state index contributed by atoms with van der Waals surface area (Å²) >= 11 is 0. The van der Waals surface area contributed by atoms with Crippen molar-refractivity contribution in [3.8, 4) is 0 Å². The average Bonchev–Trinajstić information content (AvgIpc) is 2.98. The maximum absolute atomic E-state index is 11.8. The lowest BCUT2D eigenvalue weighted by Gasteiger charge is -2.32. The zero-order chi connectivity index (χ0) is 16.7. The van der Waals surface area contributed by atoms with E-state index in [0.717, 1.165) is 51.5 Å². The van der Waals surface area contributed by atoms with Gasteiger partial charge in [-0.1, -0.05) is 19.0 Å². The quantitative estimate of drug-likeness (QED) is 0.765. The molecule has 2 rings (SSSR count). The number of nitrogens with one attached hydrogen (secondary N) is 1. The molecular weight excluding hydrogens is 294 g/mol. The summed E-state index contributed by atoms with van der Waals surface area (Å²) in [4.78, 5) is 20.9. The van der Waals surface area contributed by atoms with Gasteiger partial charge in [0, 0.05) is 58.0 Å². The van der Waals surface area contributed by atoms with Gasteiger partial charge in [-0.3, -0.25) is 9.69 Å². The van der Waals surface area contributed by atoms with Crippen LogP contribution in [0.25, 0.3) is 0 Å². The van der Waals surface area contributed by atoms with Crippen LogP contribution in [0.5, 0.6) is 0 Å². The number of amides is 1. The maximum atomic E-state index is 11.8. The number of hydrogen-bond donors (Lipinski definition) is 1. The molecule has 0 saturated carbocycles. The minimum absolute atomic E-state index is 0.0997. The van der Waals surface area contributed by atoms with E-state index in [1.807, 2.05) is 13.8 Å². The van der Waals surface area contributed by atoms with Gasteiger partial charge < -0.3 is 14.7 Å². The van der Waals surface area contributed by atoms with Gasteiger partial charge in [-0.25, -0.2) is 0 Å². The van der Waals surface area contributed by atoms with Gasteiger partial charge in [-0.05, 0) is 13.5 Å². The summed E-state index contributed by atoms with van der Waals surface area (Å²) in [7, 11) is 2.15. The van der Waals surface area contributed by atoms with Gasteiger partial charge in [0.25, 0.3) is 0 Å². The molecule has 0 unspecified atom stereocenters. The van der Waals surface area contributed by atoms with Crippen LogP contribution in [0.1, 0.15) is 44.3 Å². The van der Waals surface area contributed by atoms with Crippen molar-refractivity contribution in [1.82, 2.24) is 25.3 Å². The van der Waals surface area contributed by atoms with Crippen LogP contribution in [-0.2, 0) is 11.2 Å². The number of rotatable bonds is 8. The van der Waals surface area contributed by atoms with Crippen molar-refractivity contribution < 1.29 is 9.32 Å². The molecule has 0 aromatic carbocycles. The first-order chi connectivity index (χ1) is 11.0. The number of aromatic nitrogens is 2. The Bertz CT molecular complexity index is 481. The first-order valence-electron chi connectivity index (χ1n) is 8.54. The van der Waals surface area contributed by atoms with Gasteiger partial charge in [0.15, 0.2) is 5.82 Å². The summed E-state index contributed by atoms with van der Waals surface area (Å²) in [5, 5.41) is 6.91. The second-order valence-corrected chi connectivity index (χ2v) is 6.55. The molecule has 1 N–H and O–H groups in total. The van der Waals surface area contributed by atoms with E-state index < -0.39 is 0 Å². The van der Waals surface area contributed by atoms with Gasteiger partial charge in [0.05, 0.1) is 0 Å². The average molecular weight is 323 g/mol. The van der Waals surface area contributed by atoms with Crippen molar-refractivity contribution in [3.05, 3.63) is 11.7 Å². The van der Waals surface area contributed by atoms with Gasteiger partial charge in [-0.2, -0.15) is 4.98 Å². The van der Waals surface area contributed by atoms with Crippen LogP contribution in [0.3, 0.4) is 0 Å². The van der Waals surface area contributed by atoms with Crippen LogP contribution in [0.4, 0.5) is 0 Å². The van der Waals surface area contributed by atoms with Gasteiger partial charge in [0.2, 0.25) is 11.8 Å². The molecule has 1 saturated heterocycles. The van der Waals surface area contributed by atoms with E-state index in [9.17, 15) is 4.79 Å². The highest BCUT2D eigenvalue weighted by Gasteiger charge is 2.13. The molecule has 1 aliphatic rings. The molecule has 0 atom stereocenters. The van der Waals surface area contributed by atoms with Crippen molar-refractivity contribution in [2.75, 3.05) is 46.3 Å². The number of carbonyl (C=O) groups is 1. The van der Waals surface area contributed by atoms with E-state index >= 15 is 0 Å². The molecule has 1 amide bonds. The molecule has 1 aliphatic heterocycles. The van der Waals surface area contributed by atoms with E-state index in [4.69, 9.17) is 4.52 Å². The summed E-state index contributed by atoms with van der Waals surface area (Å²) in [6.45, 7) is 10.1. The molecule has 1 aromatic rings. The zero-order valence-corrected chi connectivity index (χ0v) is 14.5. The van der Waals surface area contributed by atoms with Crippen molar-refractivity contribution in [3.63, 3.8) is 0 Å². The summed E-state index contributed by atoms with van der Waals surface area (Å²) in [6, 6.07) is 0. The number of nitrogens with zero attached hydrogens (tertiary/aromatic N) is 4. The van der Waals surface area contributed by atoms with Crippen LogP contribution in [0.2, 0.25) is 0 Å². The highest BCUT2D eigenvalue weighted by Crippen LogP contribution is 2.11. The Labute approximate surface area is 138 Å². The molecule has 130 valence electrons. The molecule has 7 nitrogen and oxygen atoms in total. The van der Waals surface area contributed by atoms with Gasteiger partial charge in [0.1, 0.15) is 0 Å². The second-order valence-electron chi connectivity index (χ2n) is 6.55. The fraction of sp³-hybridized carbons (Fsp3) is 0.812. The molecule has 0 aliphatic carbocycles. The molecule has 7 heteroatoms. The smallest absolute Gasteiger partial charge is 0.226 e. The Balaban J connectivity index is 1.54. The van der Waals surface area contributed by atoms with Crippen molar-refractivity contribution in [2.24, 2.45) is 0 Å². The van der Waals surface area contributed by atoms with Crippen molar-refractivity contribution >= 4 is 5.91 Å². The third-order valence-electron chi connectivity index (χ3n) is 4.14. The molecule has 0 spiro atoms. The molecule has 2 heterocycles. The molecular formula is C16H29N5O2. The summed E-state index contributed by atoms with van der Waals surface area (Å²) in [6.07, 6.45) is 1.90. The molecule has 0 radical (unpaired) electrons. The summed E-state index contributed by atoms with van der Waals surface area (Å²) in [5.74, 6) is 1.73. The summed E-state index contributed by atoms with van der Waals surface area (Å²) < 4.78 is 5.17. The monoisotopic (exact) mass is 323 g/mol. The van der Waals surface area contributed by atoms with E-state index in [-0.39, 0.29) is 11.8 Å². The number of aryl methyl sites for hydroxylation is 1. The lowest BCUT2D eigenvalue weighted by Crippen LogP contribution is -2.46. The van der Waals surface area contributed by atoms with Crippen LogP contribution in [0.15, 0.2) is 4.52 Å². The first-order valence-corrected chi connectivity index (χ1v) is 8.54. The largest absolute Gasteiger partial charge is 0.355 e.